The first-order chi connectivity index (χ1) is 14.4. The second kappa shape index (κ2) is 11.2. The van der Waals surface area contributed by atoms with E-state index < -0.39 is 29.0 Å². The van der Waals surface area contributed by atoms with E-state index >= 15 is 0 Å². The van der Waals surface area contributed by atoms with Gasteiger partial charge in [0.2, 0.25) is 5.91 Å². The van der Waals surface area contributed by atoms with Crippen molar-refractivity contribution in [1.29, 1.82) is 0 Å². The maximum Gasteiger partial charge on any atom is 0.254 e. The average molecular weight is 422 g/mol. The van der Waals surface area contributed by atoms with Crippen molar-refractivity contribution < 1.29 is 27.5 Å². The number of rotatable bonds is 10. The van der Waals surface area contributed by atoms with Gasteiger partial charge in [0.15, 0.2) is 17.5 Å². The van der Waals surface area contributed by atoms with Gasteiger partial charge in [0.05, 0.1) is 12.3 Å². The van der Waals surface area contributed by atoms with E-state index in [1.54, 1.807) is 24.3 Å². The first-order valence-corrected chi connectivity index (χ1v) is 9.82. The number of carbonyl (C=O) groups is 2. The van der Waals surface area contributed by atoms with Gasteiger partial charge in [0, 0.05) is 12.1 Å². The van der Waals surface area contributed by atoms with Crippen LogP contribution in [-0.4, -0.2) is 36.4 Å². The van der Waals surface area contributed by atoms with Crippen LogP contribution in [0.1, 0.15) is 43.5 Å². The molecule has 0 fully saturated rings. The van der Waals surface area contributed by atoms with Crippen LogP contribution in [0.4, 0.5) is 18.9 Å². The summed E-state index contributed by atoms with van der Waals surface area (Å²) in [6.45, 7) is 4.43. The Balaban J connectivity index is 2.04. The molecule has 0 saturated carbocycles. The Kier molecular flexibility index (Phi) is 8.70. The summed E-state index contributed by atoms with van der Waals surface area (Å²) in [5.74, 6) is -4.96. The molecule has 0 aliphatic carbocycles. The summed E-state index contributed by atoms with van der Waals surface area (Å²) in [5, 5.41) is 2.18. The van der Waals surface area contributed by atoms with Gasteiger partial charge in [-0.05, 0) is 49.2 Å². The minimum atomic E-state index is -1.67. The maximum atomic E-state index is 13.8. The molecule has 30 heavy (non-hydrogen) atoms. The van der Waals surface area contributed by atoms with Crippen molar-refractivity contribution in [3.05, 3.63) is 59.4 Å². The van der Waals surface area contributed by atoms with Crippen molar-refractivity contribution >= 4 is 17.5 Å². The molecule has 162 valence electrons. The minimum Gasteiger partial charge on any atom is -0.494 e. The van der Waals surface area contributed by atoms with Gasteiger partial charge in [0.1, 0.15) is 12.3 Å². The number of hydrogen-bond donors (Lipinski definition) is 1. The van der Waals surface area contributed by atoms with Crippen molar-refractivity contribution in [1.82, 2.24) is 4.90 Å². The lowest BCUT2D eigenvalue weighted by molar-refractivity contribution is -0.116. The van der Waals surface area contributed by atoms with E-state index in [0.717, 1.165) is 18.9 Å². The molecule has 2 aromatic carbocycles. The van der Waals surface area contributed by atoms with Crippen LogP contribution < -0.4 is 10.1 Å². The molecule has 0 heterocycles. The Morgan fingerprint density at radius 3 is 2.30 bits per heavy atom. The van der Waals surface area contributed by atoms with Crippen molar-refractivity contribution in [2.24, 2.45) is 0 Å². The first-order valence-electron chi connectivity index (χ1n) is 9.82. The molecule has 2 aromatic rings. The van der Waals surface area contributed by atoms with Gasteiger partial charge in [-0.2, -0.15) is 0 Å². The standard InChI is InChI=1S/C22H25F3N2O3/c1-3-5-13-30-16-8-6-15(7-9-16)22(29)27(12-4-2)14-19(28)26-18-11-10-17(23)20(24)21(18)25/h6-11H,3-5,12-14H2,1-2H3,(H,26,28). The largest absolute Gasteiger partial charge is 0.494 e. The zero-order valence-corrected chi connectivity index (χ0v) is 17.0. The van der Waals surface area contributed by atoms with Crippen LogP contribution in [0.25, 0.3) is 0 Å². The fraction of sp³-hybridized carbons (Fsp3) is 0.364. The lowest BCUT2D eigenvalue weighted by Gasteiger charge is -2.22. The van der Waals surface area contributed by atoms with Crippen molar-refractivity contribution in [3.8, 4) is 5.75 Å². The lowest BCUT2D eigenvalue weighted by Crippen LogP contribution is -2.38. The Morgan fingerprint density at radius 2 is 1.67 bits per heavy atom. The molecule has 0 unspecified atom stereocenters. The highest BCUT2D eigenvalue weighted by Gasteiger charge is 2.20. The highest BCUT2D eigenvalue weighted by atomic mass is 19.2. The Labute approximate surface area is 173 Å². The summed E-state index contributed by atoms with van der Waals surface area (Å²) in [6, 6.07) is 8.23. The fourth-order valence-electron chi connectivity index (χ4n) is 2.72. The van der Waals surface area contributed by atoms with Gasteiger partial charge >= 0.3 is 0 Å². The maximum absolute atomic E-state index is 13.8. The SMILES string of the molecule is CCCCOc1ccc(C(=O)N(CCC)CC(=O)Nc2ccc(F)c(F)c2F)cc1. The molecule has 0 radical (unpaired) electrons. The molecule has 0 bridgehead atoms. The molecule has 0 aliphatic rings. The fourth-order valence-corrected chi connectivity index (χ4v) is 2.72. The number of nitrogens with zero attached hydrogens (tertiary/aromatic N) is 1. The van der Waals surface area contributed by atoms with E-state index in [0.29, 0.717) is 37.0 Å². The Bertz CT molecular complexity index is 873. The second-order valence-corrected chi connectivity index (χ2v) is 6.72. The summed E-state index contributed by atoms with van der Waals surface area (Å²) in [7, 11) is 0. The number of halogens is 3. The van der Waals surface area contributed by atoms with Gasteiger partial charge in [0.25, 0.3) is 5.91 Å². The molecule has 0 spiro atoms. The average Bonchev–Trinajstić information content (AvgIpc) is 2.74. The van der Waals surface area contributed by atoms with E-state index in [9.17, 15) is 22.8 Å². The number of benzene rings is 2. The molecule has 2 amide bonds. The van der Waals surface area contributed by atoms with Gasteiger partial charge in [-0.3, -0.25) is 9.59 Å². The van der Waals surface area contributed by atoms with E-state index in [-0.39, 0.29) is 12.5 Å². The molecule has 5 nitrogen and oxygen atoms in total. The number of hydrogen-bond acceptors (Lipinski definition) is 3. The molecule has 8 heteroatoms. The van der Waals surface area contributed by atoms with Gasteiger partial charge in [-0.15, -0.1) is 0 Å². The van der Waals surface area contributed by atoms with Crippen LogP contribution in [-0.2, 0) is 4.79 Å². The van der Waals surface area contributed by atoms with Crippen molar-refractivity contribution in [2.45, 2.75) is 33.1 Å². The van der Waals surface area contributed by atoms with Crippen LogP contribution in [0.15, 0.2) is 36.4 Å². The van der Waals surface area contributed by atoms with Crippen molar-refractivity contribution in [2.75, 3.05) is 25.0 Å². The predicted molar refractivity (Wildman–Crippen MR) is 108 cm³/mol. The number of ether oxygens (including phenoxy) is 1. The van der Waals surface area contributed by atoms with Crippen LogP contribution in [0.5, 0.6) is 5.75 Å². The summed E-state index contributed by atoms with van der Waals surface area (Å²) in [4.78, 5) is 26.4. The molecule has 2 rings (SSSR count). The van der Waals surface area contributed by atoms with Gasteiger partial charge in [-0.25, -0.2) is 13.2 Å². The number of amides is 2. The third kappa shape index (κ3) is 6.23. The zero-order valence-electron chi connectivity index (χ0n) is 17.0. The van der Waals surface area contributed by atoms with Crippen LogP contribution in [0, 0.1) is 17.5 Å². The topological polar surface area (TPSA) is 58.6 Å². The Hall–Kier alpha value is -3.03. The molecule has 0 saturated heterocycles. The van der Waals surface area contributed by atoms with Crippen LogP contribution in [0.2, 0.25) is 0 Å². The number of anilines is 1. The normalized spacial score (nSPS) is 10.6. The zero-order chi connectivity index (χ0) is 22.1. The number of nitrogens with one attached hydrogen (secondary N) is 1. The number of unbranched alkanes of at least 4 members (excludes halogenated alkanes) is 1. The highest BCUT2D eigenvalue weighted by molar-refractivity contribution is 5.99. The van der Waals surface area contributed by atoms with Crippen LogP contribution in [0.3, 0.4) is 0 Å². The second-order valence-electron chi connectivity index (χ2n) is 6.72. The minimum absolute atomic E-state index is 0.293. The molecule has 0 atom stereocenters. The molecular formula is C22H25F3N2O3. The molecule has 0 aromatic heterocycles. The quantitative estimate of drug-likeness (QED) is 0.443. The highest BCUT2D eigenvalue weighted by Crippen LogP contribution is 2.20. The third-order valence-corrected chi connectivity index (χ3v) is 4.29. The van der Waals surface area contributed by atoms with Gasteiger partial charge < -0.3 is 15.0 Å². The van der Waals surface area contributed by atoms with Crippen molar-refractivity contribution in [3.63, 3.8) is 0 Å². The van der Waals surface area contributed by atoms with Crippen LogP contribution >= 0.6 is 0 Å². The Morgan fingerprint density at radius 1 is 0.967 bits per heavy atom. The molecule has 0 aliphatic heterocycles. The number of carbonyl (C=O) groups excluding carboxylic acids is 2. The van der Waals surface area contributed by atoms with E-state index in [4.69, 9.17) is 4.74 Å². The predicted octanol–water partition coefficient (Wildman–Crippen LogP) is 4.77. The third-order valence-electron chi connectivity index (χ3n) is 4.29. The molecular weight excluding hydrogens is 397 g/mol. The van der Waals surface area contributed by atoms with E-state index in [2.05, 4.69) is 12.2 Å². The van der Waals surface area contributed by atoms with E-state index in [1.165, 1.54) is 4.90 Å². The first kappa shape index (κ1) is 23.3. The lowest BCUT2D eigenvalue weighted by atomic mass is 10.2. The summed E-state index contributed by atoms with van der Waals surface area (Å²) < 4.78 is 45.7. The molecule has 1 N–H and O–H groups in total. The summed E-state index contributed by atoms with van der Waals surface area (Å²) >= 11 is 0. The monoisotopic (exact) mass is 422 g/mol. The van der Waals surface area contributed by atoms with E-state index in [1.807, 2.05) is 6.92 Å². The van der Waals surface area contributed by atoms with Gasteiger partial charge in [-0.1, -0.05) is 20.3 Å². The smallest absolute Gasteiger partial charge is 0.254 e. The summed E-state index contributed by atoms with van der Waals surface area (Å²) in [5.41, 5.74) is -0.116. The summed E-state index contributed by atoms with van der Waals surface area (Å²) in [6.07, 6.45) is 2.54.